The lowest BCUT2D eigenvalue weighted by molar-refractivity contribution is -0.385. The molecular formula is C19H17N3O5. The van der Waals surface area contributed by atoms with E-state index in [9.17, 15) is 24.5 Å². The zero-order chi connectivity index (χ0) is 19.6. The molecule has 1 aliphatic rings. The van der Waals surface area contributed by atoms with Crippen LogP contribution < -0.4 is 5.32 Å². The second-order valence-corrected chi connectivity index (χ2v) is 6.15. The highest BCUT2D eigenvalue weighted by Gasteiger charge is 2.41. The Kier molecular flexibility index (Phi) is 4.98. The van der Waals surface area contributed by atoms with Crippen LogP contribution in [0.5, 0.6) is 0 Å². The third-order valence-corrected chi connectivity index (χ3v) is 4.25. The number of rotatable bonds is 6. The van der Waals surface area contributed by atoms with Crippen LogP contribution in [0, 0.1) is 10.1 Å². The number of hydrogen-bond acceptors (Lipinski definition) is 5. The average molecular weight is 367 g/mol. The van der Waals surface area contributed by atoms with Crippen LogP contribution >= 0.6 is 0 Å². The molecule has 0 spiro atoms. The fourth-order valence-electron chi connectivity index (χ4n) is 3.00. The van der Waals surface area contributed by atoms with Crippen LogP contribution in [0.2, 0.25) is 0 Å². The summed E-state index contributed by atoms with van der Waals surface area (Å²) in [7, 11) is 0. The number of amides is 3. The summed E-state index contributed by atoms with van der Waals surface area (Å²) in [4.78, 5) is 48.2. The number of nitro benzene ring substituents is 1. The predicted octanol–water partition coefficient (Wildman–Crippen LogP) is 2.78. The predicted molar refractivity (Wildman–Crippen MR) is 97.5 cm³/mol. The molecule has 138 valence electrons. The van der Waals surface area contributed by atoms with Crippen LogP contribution in [-0.2, 0) is 11.2 Å². The second kappa shape index (κ2) is 7.36. The number of nitro groups is 1. The Hall–Kier alpha value is -3.55. The third-order valence-electron chi connectivity index (χ3n) is 4.25. The number of nitrogens with zero attached hydrogens (tertiary/aromatic N) is 2. The molecule has 0 saturated carbocycles. The molecule has 0 unspecified atom stereocenters. The van der Waals surface area contributed by atoms with Crippen molar-refractivity contribution in [3.63, 3.8) is 0 Å². The van der Waals surface area contributed by atoms with Gasteiger partial charge in [0.05, 0.1) is 10.5 Å². The van der Waals surface area contributed by atoms with Gasteiger partial charge < -0.3 is 5.32 Å². The number of imide groups is 1. The van der Waals surface area contributed by atoms with Crippen LogP contribution in [0.25, 0.3) is 0 Å². The number of carbonyl (C=O) groups excluding carboxylic acids is 3. The number of anilines is 1. The van der Waals surface area contributed by atoms with Gasteiger partial charge in [0, 0.05) is 11.8 Å². The second-order valence-electron chi connectivity index (χ2n) is 6.15. The minimum atomic E-state index is -0.837. The monoisotopic (exact) mass is 367 g/mol. The van der Waals surface area contributed by atoms with Gasteiger partial charge in [0.25, 0.3) is 17.5 Å². The molecule has 0 bridgehead atoms. The summed E-state index contributed by atoms with van der Waals surface area (Å²) < 4.78 is 0. The summed E-state index contributed by atoms with van der Waals surface area (Å²) in [6.45, 7) is 1.56. The number of fused-ring (bicyclic) bond motifs is 1. The maximum atomic E-state index is 12.5. The largest absolute Gasteiger partial charge is 0.325 e. The van der Waals surface area contributed by atoms with Gasteiger partial charge in [-0.1, -0.05) is 31.5 Å². The topological polar surface area (TPSA) is 110 Å². The third kappa shape index (κ3) is 3.55. The van der Waals surface area contributed by atoms with E-state index >= 15 is 0 Å². The van der Waals surface area contributed by atoms with Crippen molar-refractivity contribution in [3.05, 3.63) is 69.3 Å². The van der Waals surface area contributed by atoms with Crippen LogP contribution in [0.15, 0.2) is 42.5 Å². The summed E-state index contributed by atoms with van der Waals surface area (Å²) in [5.74, 6) is -2.11. The van der Waals surface area contributed by atoms with Gasteiger partial charge in [0.2, 0.25) is 5.91 Å². The smallest absolute Gasteiger partial charge is 0.282 e. The molecule has 8 nitrogen and oxygen atoms in total. The Morgan fingerprint density at radius 3 is 2.44 bits per heavy atom. The van der Waals surface area contributed by atoms with E-state index in [1.807, 2.05) is 12.1 Å². The highest BCUT2D eigenvalue weighted by atomic mass is 16.6. The highest BCUT2D eigenvalue weighted by Crippen LogP contribution is 2.30. The molecule has 3 amide bonds. The summed E-state index contributed by atoms with van der Waals surface area (Å²) >= 11 is 0. The molecule has 0 aromatic heterocycles. The average Bonchev–Trinajstić information content (AvgIpc) is 2.88. The lowest BCUT2D eigenvalue weighted by Crippen LogP contribution is -2.37. The van der Waals surface area contributed by atoms with Crippen LogP contribution in [0.3, 0.4) is 0 Å². The van der Waals surface area contributed by atoms with Crippen molar-refractivity contribution in [1.29, 1.82) is 0 Å². The first-order valence-electron chi connectivity index (χ1n) is 8.44. The van der Waals surface area contributed by atoms with E-state index in [0.29, 0.717) is 5.69 Å². The standard InChI is InChI=1S/C19H17N3O5/c1-2-4-12-7-9-13(10-8-12)20-16(23)11-21-18(24)14-5-3-6-15(22(26)27)17(14)19(21)25/h3,5-10H,2,4,11H2,1H3,(H,20,23). The zero-order valence-corrected chi connectivity index (χ0v) is 14.6. The molecule has 0 saturated heterocycles. The van der Waals surface area contributed by atoms with Crippen molar-refractivity contribution in [3.8, 4) is 0 Å². The Bertz CT molecular complexity index is 937. The van der Waals surface area contributed by atoms with Gasteiger partial charge in [0.1, 0.15) is 12.1 Å². The maximum Gasteiger partial charge on any atom is 0.282 e. The summed E-state index contributed by atoms with van der Waals surface area (Å²) in [6.07, 6.45) is 1.94. The van der Waals surface area contributed by atoms with E-state index < -0.39 is 34.9 Å². The van der Waals surface area contributed by atoms with Crippen molar-refractivity contribution < 1.29 is 19.3 Å². The molecule has 1 N–H and O–H groups in total. The Morgan fingerprint density at radius 1 is 1.11 bits per heavy atom. The van der Waals surface area contributed by atoms with E-state index in [1.165, 1.54) is 12.1 Å². The van der Waals surface area contributed by atoms with Crippen LogP contribution in [0.1, 0.15) is 39.6 Å². The van der Waals surface area contributed by atoms with Crippen molar-refractivity contribution in [2.75, 3.05) is 11.9 Å². The van der Waals surface area contributed by atoms with Crippen molar-refractivity contribution in [2.24, 2.45) is 0 Å². The fraction of sp³-hybridized carbons (Fsp3) is 0.211. The molecule has 0 fully saturated rings. The SMILES string of the molecule is CCCc1ccc(NC(=O)CN2C(=O)c3cccc([N+](=O)[O-])c3C2=O)cc1. The molecule has 0 aliphatic carbocycles. The first kappa shape index (κ1) is 18.2. The van der Waals surface area contributed by atoms with Crippen molar-refractivity contribution in [1.82, 2.24) is 4.90 Å². The van der Waals surface area contributed by atoms with E-state index in [1.54, 1.807) is 12.1 Å². The Labute approximate surface area is 154 Å². The van der Waals surface area contributed by atoms with Gasteiger partial charge in [-0.05, 0) is 30.2 Å². The van der Waals surface area contributed by atoms with Crippen LogP contribution in [-0.4, -0.2) is 34.1 Å². The number of nitrogens with one attached hydrogen (secondary N) is 1. The molecule has 1 heterocycles. The summed E-state index contributed by atoms with van der Waals surface area (Å²) in [5, 5.41) is 13.7. The molecule has 0 atom stereocenters. The first-order chi connectivity index (χ1) is 12.9. The molecule has 3 rings (SSSR count). The molecule has 27 heavy (non-hydrogen) atoms. The quantitative estimate of drug-likeness (QED) is 0.480. The molecule has 0 radical (unpaired) electrons. The number of aryl methyl sites for hydroxylation is 1. The zero-order valence-electron chi connectivity index (χ0n) is 14.6. The molecule has 8 heteroatoms. The van der Waals surface area contributed by atoms with Gasteiger partial charge in [-0.2, -0.15) is 0 Å². The van der Waals surface area contributed by atoms with Crippen LogP contribution in [0.4, 0.5) is 11.4 Å². The lowest BCUT2D eigenvalue weighted by atomic mass is 10.1. The minimum absolute atomic E-state index is 0.0640. The Morgan fingerprint density at radius 2 is 1.81 bits per heavy atom. The molecule has 2 aromatic carbocycles. The molecule has 1 aliphatic heterocycles. The fourth-order valence-corrected chi connectivity index (χ4v) is 3.00. The number of benzene rings is 2. The Balaban J connectivity index is 1.73. The van der Waals surface area contributed by atoms with Gasteiger partial charge in [0.15, 0.2) is 0 Å². The maximum absolute atomic E-state index is 12.5. The van der Waals surface area contributed by atoms with E-state index in [0.717, 1.165) is 29.4 Å². The summed E-state index contributed by atoms with van der Waals surface area (Å²) in [6, 6.07) is 11.1. The normalized spacial score (nSPS) is 12.9. The number of hydrogen-bond donors (Lipinski definition) is 1. The van der Waals surface area contributed by atoms with E-state index in [-0.39, 0.29) is 11.1 Å². The lowest BCUT2D eigenvalue weighted by Gasteiger charge is -2.13. The van der Waals surface area contributed by atoms with Gasteiger partial charge >= 0.3 is 0 Å². The van der Waals surface area contributed by atoms with Crippen molar-refractivity contribution in [2.45, 2.75) is 19.8 Å². The molecule has 2 aromatic rings. The summed E-state index contributed by atoms with van der Waals surface area (Å²) in [5.41, 5.74) is 0.904. The van der Waals surface area contributed by atoms with Gasteiger partial charge in [-0.15, -0.1) is 0 Å². The van der Waals surface area contributed by atoms with E-state index in [4.69, 9.17) is 0 Å². The van der Waals surface area contributed by atoms with Crippen molar-refractivity contribution >= 4 is 29.1 Å². The van der Waals surface area contributed by atoms with Gasteiger partial charge in [-0.25, -0.2) is 0 Å². The molecular weight excluding hydrogens is 350 g/mol. The van der Waals surface area contributed by atoms with Gasteiger partial charge in [-0.3, -0.25) is 29.4 Å². The minimum Gasteiger partial charge on any atom is -0.325 e. The number of carbonyl (C=O) groups is 3. The van der Waals surface area contributed by atoms with E-state index in [2.05, 4.69) is 12.2 Å². The highest BCUT2D eigenvalue weighted by molar-refractivity contribution is 6.24. The first-order valence-corrected chi connectivity index (χ1v) is 8.44.